The van der Waals surface area contributed by atoms with Gasteiger partial charge < -0.3 is 0 Å². The summed E-state index contributed by atoms with van der Waals surface area (Å²) in [5, 5.41) is 0. The molecule has 0 aliphatic carbocycles. The summed E-state index contributed by atoms with van der Waals surface area (Å²) < 4.78 is 0. The van der Waals surface area contributed by atoms with Gasteiger partial charge in [0.05, 0.1) is 0 Å². The monoisotopic (exact) mass is 216 g/mol. The van der Waals surface area contributed by atoms with Crippen LogP contribution in [-0.2, 0) is 0 Å². The van der Waals surface area contributed by atoms with E-state index in [1.165, 1.54) is 16.7 Å². The molecule has 0 saturated carbocycles. The Kier molecular flexibility index (Phi) is 6.48. The van der Waals surface area contributed by atoms with Crippen molar-refractivity contribution in [3.63, 3.8) is 0 Å². The third-order valence-corrected chi connectivity index (χ3v) is 2.43. The molecule has 1 aromatic rings. The first kappa shape index (κ1) is 14.7. The van der Waals surface area contributed by atoms with Crippen molar-refractivity contribution in [2.45, 2.75) is 34.6 Å². The summed E-state index contributed by atoms with van der Waals surface area (Å²) in [7, 11) is 0. The Bertz CT molecular complexity index is 356. The van der Waals surface area contributed by atoms with Crippen LogP contribution in [0.1, 0.15) is 45.7 Å². The fraction of sp³-hybridized carbons (Fsp3) is 0.375. The largest absolute Gasteiger partial charge is 0.0955 e. The van der Waals surface area contributed by atoms with Crippen molar-refractivity contribution in [1.82, 2.24) is 0 Å². The molecule has 1 aromatic carbocycles. The van der Waals surface area contributed by atoms with Gasteiger partial charge in [-0.2, -0.15) is 0 Å². The molecule has 0 fully saturated rings. The lowest BCUT2D eigenvalue weighted by molar-refractivity contribution is 0.857. The van der Waals surface area contributed by atoms with Crippen molar-refractivity contribution in [2.75, 3.05) is 0 Å². The molecule has 1 rings (SSSR count). The predicted octanol–water partition coefficient (Wildman–Crippen LogP) is 5.42. The summed E-state index contributed by atoms with van der Waals surface area (Å²) >= 11 is 0. The minimum atomic E-state index is 0.482. The highest BCUT2D eigenvalue weighted by molar-refractivity contribution is 5.77. The van der Waals surface area contributed by atoms with Gasteiger partial charge in [-0.15, -0.1) is 0 Å². The predicted molar refractivity (Wildman–Crippen MR) is 76.4 cm³/mol. The summed E-state index contributed by atoms with van der Waals surface area (Å²) in [4.78, 5) is 0. The molecule has 0 aromatic heterocycles. The number of rotatable bonds is 3. The van der Waals surface area contributed by atoms with Crippen LogP contribution in [0.25, 0.3) is 11.1 Å². The Morgan fingerprint density at radius 2 is 1.44 bits per heavy atom. The van der Waals surface area contributed by atoms with Crippen LogP contribution in [0.15, 0.2) is 37.4 Å². The number of benzene rings is 1. The fourth-order valence-electron chi connectivity index (χ4n) is 1.45. The minimum Gasteiger partial charge on any atom is -0.0955 e. The van der Waals surface area contributed by atoms with Crippen molar-refractivity contribution in [1.29, 1.82) is 0 Å². The fourth-order valence-corrected chi connectivity index (χ4v) is 1.45. The first-order chi connectivity index (χ1) is 7.54. The molecule has 0 aliphatic rings. The van der Waals surface area contributed by atoms with Gasteiger partial charge in [-0.25, -0.2) is 0 Å². The van der Waals surface area contributed by atoms with Gasteiger partial charge in [-0.05, 0) is 29.5 Å². The van der Waals surface area contributed by atoms with Crippen LogP contribution in [0.4, 0.5) is 0 Å². The molecule has 0 aliphatic heterocycles. The quantitative estimate of drug-likeness (QED) is 0.633. The van der Waals surface area contributed by atoms with Gasteiger partial charge >= 0.3 is 0 Å². The van der Waals surface area contributed by atoms with Crippen LogP contribution in [0.5, 0.6) is 0 Å². The SMILES string of the molecule is C=C(C)c1ccccc1C(=C)C(C)C.CC. The average molecular weight is 216 g/mol. The molecule has 0 N–H and O–H groups in total. The normalized spacial score (nSPS) is 9.38. The summed E-state index contributed by atoms with van der Waals surface area (Å²) in [5.41, 5.74) is 4.73. The van der Waals surface area contributed by atoms with Crippen molar-refractivity contribution in [3.8, 4) is 0 Å². The first-order valence-corrected chi connectivity index (χ1v) is 5.98. The number of allylic oxidation sites excluding steroid dienone is 2. The van der Waals surface area contributed by atoms with Crippen LogP contribution in [0.2, 0.25) is 0 Å². The van der Waals surface area contributed by atoms with Gasteiger partial charge in [-0.3, -0.25) is 0 Å². The highest BCUT2D eigenvalue weighted by Gasteiger charge is 2.08. The summed E-state index contributed by atoms with van der Waals surface area (Å²) in [6.45, 7) is 18.5. The van der Waals surface area contributed by atoms with Crippen LogP contribution in [0, 0.1) is 5.92 Å². The second-order valence-electron chi connectivity index (χ2n) is 4.01. The van der Waals surface area contributed by atoms with Crippen molar-refractivity contribution in [3.05, 3.63) is 48.6 Å². The van der Waals surface area contributed by atoms with Crippen molar-refractivity contribution < 1.29 is 0 Å². The molecular formula is C16H24. The van der Waals surface area contributed by atoms with E-state index in [-0.39, 0.29) is 0 Å². The smallest absolute Gasteiger partial charge is 0.0153 e. The van der Waals surface area contributed by atoms with Gasteiger partial charge in [0, 0.05) is 0 Å². The van der Waals surface area contributed by atoms with E-state index < -0.39 is 0 Å². The second-order valence-corrected chi connectivity index (χ2v) is 4.01. The molecule has 0 radical (unpaired) electrons. The maximum atomic E-state index is 4.13. The maximum absolute atomic E-state index is 4.13. The van der Waals surface area contributed by atoms with E-state index in [1.807, 2.05) is 26.8 Å². The van der Waals surface area contributed by atoms with E-state index in [2.05, 4.69) is 45.2 Å². The number of hydrogen-bond acceptors (Lipinski definition) is 0. The third-order valence-electron chi connectivity index (χ3n) is 2.43. The maximum Gasteiger partial charge on any atom is -0.0153 e. The van der Waals surface area contributed by atoms with Gasteiger partial charge in [-0.1, -0.05) is 70.7 Å². The minimum absolute atomic E-state index is 0.482. The Labute approximate surface area is 101 Å². The van der Waals surface area contributed by atoms with Crippen LogP contribution >= 0.6 is 0 Å². The van der Waals surface area contributed by atoms with Crippen molar-refractivity contribution in [2.24, 2.45) is 5.92 Å². The van der Waals surface area contributed by atoms with Crippen LogP contribution < -0.4 is 0 Å². The van der Waals surface area contributed by atoms with E-state index in [0.717, 1.165) is 5.57 Å². The number of hydrogen-bond donors (Lipinski definition) is 0. The second kappa shape index (κ2) is 7.05. The first-order valence-electron chi connectivity index (χ1n) is 5.98. The molecule has 16 heavy (non-hydrogen) atoms. The Hall–Kier alpha value is -1.30. The molecule has 0 spiro atoms. The molecule has 0 bridgehead atoms. The molecule has 88 valence electrons. The zero-order chi connectivity index (χ0) is 12.7. The Balaban J connectivity index is 0.00000106. The van der Waals surface area contributed by atoms with E-state index in [4.69, 9.17) is 0 Å². The van der Waals surface area contributed by atoms with Gasteiger partial charge in [0.15, 0.2) is 0 Å². The molecule has 0 amide bonds. The molecular weight excluding hydrogens is 192 g/mol. The van der Waals surface area contributed by atoms with E-state index in [1.54, 1.807) is 0 Å². The molecule has 0 unspecified atom stereocenters. The van der Waals surface area contributed by atoms with E-state index >= 15 is 0 Å². The van der Waals surface area contributed by atoms with Crippen LogP contribution in [0.3, 0.4) is 0 Å². The Morgan fingerprint density at radius 3 is 1.81 bits per heavy atom. The summed E-state index contributed by atoms with van der Waals surface area (Å²) in [6, 6.07) is 8.31. The highest BCUT2D eigenvalue weighted by Crippen LogP contribution is 2.27. The van der Waals surface area contributed by atoms with Gasteiger partial charge in [0.25, 0.3) is 0 Å². The van der Waals surface area contributed by atoms with Crippen molar-refractivity contribution >= 4 is 11.1 Å². The standard InChI is InChI=1S/C14H18.C2H6/c1-10(2)12(5)14-9-7-6-8-13(14)11(3)4;1-2/h6-10H,3,5H2,1-2,4H3;1-2H3. The zero-order valence-corrected chi connectivity index (χ0v) is 11.3. The topological polar surface area (TPSA) is 0 Å². The molecule has 0 saturated heterocycles. The molecule has 0 atom stereocenters. The third kappa shape index (κ3) is 3.69. The molecule has 0 nitrogen and oxygen atoms in total. The lowest BCUT2D eigenvalue weighted by atomic mass is 9.91. The molecule has 0 heterocycles. The average Bonchev–Trinajstić information content (AvgIpc) is 2.30. The van der Waals surface area contributed by atoms with Gasteiger partial charge in [0.1, 0.15) is 0 Å². The van der Waals surface area contributed by atoms with Crippen LogP contribution in [-0.4, -0.2) is 0 Å². The highest BCUT2D eigenvalue weighted by atomic mass is 14.1. The molecule has 0 heteroatoms. The van der Waals surface area contributed by atoms with Gasteiger partial charge in [0.2, 0.25) is 0 Å². The lowest BCUT2D eigenvalue weighted by Crippen LogP contribution is -1.95. The summed E-state index contributed by atoms with van der Waals surface area (Å²) in [6.07, 6.45) is 0. The summed E-state index contributed by atoms with van der Waals surface area (Å²) in [5.74, 6) is 0.482. The van der Waals surface area contributed by atoms with E-state index in [0.29, 0.717) is 5.92 Å². The lowest BCUT2D eigenvalue weighted by Gasteiger charge is -2.14. The zero-order valence-electron chi connectivity index (χ0n) is 11.3. The van der Waals surface area contributed by atoms with E-state index in [9.17, 15) is 0 Å². The Morgan fingerprint density at radius 1 is 1.00 bits per heavy atom.